The zero-order valence-corrected chi connectivity index (χ0v) is 10.9. The number of anilines is 1. The molecule has 2 rings (SSSR count). The van der Waals surface area contributed by atoms with Crippen LogP contribution in [0.4, 0.5) is 5.69 Å². The number of rotatable bonds is 2. The van der Waals surface area contributed by atoms with Gasteiger partial charge in [0, 0.05) is 5.69 Å². The van der Waals surface area contributed by atoms with Crippen LogP contribution in [0.3, 0.4) is 0 Å². The van der Waals surface area contributed by atoms with E-state index in [4.69, 9.17) is 5.73 Å². The Morgan fingerprint density at radius 1 is 0.842 bits per heavy atom. The first-order valence-corrected chi connectivity index (χ1v) is 7.66. The lowest BCUT2D eigenvalue weighted by Crippen LogP contribution is -2.04. The third-order valence-electron chi connectivity index (χ3n) is 2.50. The van der Waals surface area contributed by atoms with Crippen molar-refractivity contribution in [3.63, 3.8) is 0 Å². The lowest BCUT2D eigenvalue weighted by atomic mass is 10.1. The SMILES string of the molecule is Nc1cc2ccc(S(=O)(=O)[O-])cc2cc1S(=O)(=O)[O-]. The molecular formula is C10H7NO6S2-2. The summed E-state index contributed by atoms with van der Waals surface area (Å²) in [6, 6.07) is 5.54. The Morgan fingerprint density at radius 2 is 1.47 bits per heavy atom. The number of hydrogen-bond donors (Lipinski definition) is 1. The van der Waals surface area contributed by atoms with Gasteiger partial charge >= 0.3 is 0 Å². The van der Waals surface area contributed by atoms with Gasteiger partial charge in [-0.2, -0.15) is 0 Å². The molecule has 0 aliphatic carbocycles. The summed E-state index contributed by atoms with van der Waals surface area (Å²) in [7, 11) is -9.44. The number of nitrogens with two attached hydrogens (primary N) is 1. The summed E-state index contributed by atoms with van der Waals surface area (Å²) in [6.07, 6.45) is 0. The molecule has 9 heteroatoms. The van der Waals surface area contributed by atoms with Gasteiger partial charge in [-0.15, -0.1) is 0 Å². The van der Waals surface area contributed by atoms with Crippen LogP contribution in [0, 0.1) is 0 Å². The molecule has 2 aromatic carbocycles. The third-order valence-corrected chi connectivity index (χ3v) is 4.22. The fraction of sp³-hybridized carbons (Fsp3) is 0. The molecule has 0 amide bonds. The summed E-state index contributed by atoms with van der Waals surface area (Å²) in [5.74, 6) is 0. The Labute approximate surface area is 109 Å². The summed E-state index contributed by atoms with van der Waals surface area (Å²) >= 11 is 0. The quantitative estimate of drug-likeness (QED) is 0.618. The second kappa shape index (κ2) is 4.17. The molecule has 0 saturated heterocycles. The van der Waals surface area contributed by atoms with Gasteiger partial charge in [-0.1, -0.05) is 6.07 Å². The summed E-state index contributed by atoms with van der Waals surface area (Å²) in [5.41, 5.74) is 5.20. The van der Waals surface area contributed by atoms with Crippen molar-refractivity contribution in [3.8, 4) is 0 Å². The van der Waals surface area contributed by atoms with E-state index in [2.05, 4.69) is 0 Å². The lowest BCUT2D eigenvalue weighted by Gasteiger charge is -2.13. The van der Waals surface area contributed by atoms with E-state index in [1.54, 1.807) is 0 Å². The Balaban J connectivity index is 2.83. The lowest BCUT2D eigenvalue weighted by molar-refractivity contribution is 0.461. The average molecular weight is 301 g/mol. The monoisotopic (exact) mass is 301 g/mol. The van der Waals surface area contributed by atoms with Gasteiger partial charge in [0.25, 0.3) is 0 Å². The van der Waals surface area contributed by atoms with E-state index in [0.29, 0.717) is 5.39 Å². The van der Waals surface area contributed by atoms with Crippen molar-refractivity contribution in [2.24, 2.45) is 0 Å². The molecule has 2 N–H and O–H groups in total. The topological polar surface area (TPSA) is 140 Å². The van der Waals surface area contributed by atoms with E-state index < -0.39 is 30.0 Å². The van der Waals surface area contributed by atoms with Crippen molar-refractivity contribution in [2.75, 3.05) is 5.73 Å². The van der Waals surface area contributed by atoms with Crippen LogP contribution in [-0.4, -0.2) is 25.9 Å². The van der Waals surface area contributed by atoms with Crippen LogP contribution < -0.4 is 5.73 Å². The minimum absolute atomic E-state index is 0.126. The Bertz CT molecular complexity index is 870. The molecule has 102 valence electrons. The Kier molecular flexibility index (Phi) is 3.01. The molecule has 0 bridgehead atoms. The van der Waals surface area contributed by atoms with Crippen molar-refractivity contribution in [1.29, 1.82) is 0 Å². The molecule has 0 spiro atoms. The average Bonchev–Trinajstić information content (AvgIpc) is 2.24. The van der Waals surface area contributed by atoms with Crippen LogP contribution in [0.15, 0.2) is 40.1 Å². The first-order chi connectivity index (χ1) is 8.59. The first kappa shape index (κ1) is 13.7. The highest BCUT2D eigenvalue weighted by Crippen LogP contribution is 2.27. The van der Waals surface area contributed by atoms with E-state index in [9.17, 15) is 25.9 Å². The summed E-state index contributed by atoms with van der Waals surface area (Å²) in [5, 5.41) is 0.540. The Hall–Kier alpha value is -1.68. The van der Waals surface area contributed by atoms with Gasteiger partial charge in [0.2, 0.25) is 0 Å². The number of fused-ring (bicyclic) bond motifs is 1. The maximum atomic E-state index is 11.0. The van der Waals surface area contributed by atoms with E-state index in [0.717, 1.165) is 18.2 Å². The van der Waals surface area contributed by atoms with Gasteiger partial charge < -0.3 is 14.8 Å². The zero-order valence-electron chi connectivity index (χ0n) is 9.23. The van der Waals surface area contributed by atoms with Gasteiger partial charge in [0.05, 0.1) is 9.79 Å². The molecule has 0 fully saturated rings. The molecule has 0 unspecified atom stereocenters. The largest absolute Gasteiger partial charge is 0.744 e. The maximum Gasteiger partial charge on any atom is 0.126 e. The summed E-state index contributed by atoms with van der Waals surface area (Å²) in [6.45, 7) is 0. The smallest absolute Gasteiger partial charge is 0.126 e. The molecule has 0 atom stereocenters. The minimum Gasteiger partial charge on any atom is -0.744 e. The first-order valence-electron chi connectivity index (χ1n) is 4.84. The van der Waals surface area contributed by atoms with Gasteiger partial charge in [0.15, 0.2) is 0 Å². The number of nitrogen functional groups attached to an aromatic ring is 1. The molecule has 0 aliphatic heterocycles. The van der Waals surface area contributed by atoms with Crippen LogP contribution in [0.2, 0.25) is 0 Å². The van der Waals surface area contributed by atoms with Gasteiger partial charge in [-0.3, -0.25) is 0 Å². The zero-order chi connectivity index (χ0) is 14.4. The van der Waals surface area contributed by atoms with E-state index in [1.807, 2.05) is 0 Å². The molecule has 19 heavy (non-hydrogen) atoms. The van der Waals surface area contributed by atoms with Gasteiger partial charge in [-0.25, -0.2) is 16.8 Å². The van der Waals surface area contributed by atoms with Crippen molar-refractivity contribution >= 4 is 36.7 Å². The molecule has 7 nitrogen and oxygen atoms in total. The van der Waals surface area contributed by atoms with Crippen LogP contribution in [0.25, 0.3) is 10.8 Å². The fourth-order valence-electron chi connectivity index (χ4n) is 1.64. The molecule has 0 aromatic heterocycles. The fourth-order valence-corrected chi connectivity index (χ4v) is 2.77. The van der Waals surface area contributed by atoms with Crippen LogP contribution >= 0.6 is 0 Å². The maximum absolute atomic E-state index is 11.0. The van der Waals surface area contributed by atoms with Crippen LogP contribution in [-0.2, 0) is 20.2 Å². The Morgan fingerprint density at radius 3 is 2.00 bits per heavy atom. The normalized spacial score (nSPS) is 12.7. The van der Waals surface area contributed by atoms with Crippen LogP contribution in [0.1, 0.15) is 0 Å². The second-order valence-corrected chi connectivity index (χ2v) is 6.53. The second-order valence-electron chi connectivity index (χ2n) is 3.81. The number of hydrogen-bond acceptors (Lipinski definition) is 7. The van der Waals surface area contributed by atoms with Gasteiger partial charge in [-0.05, 0) is 35.0 Å². The highest BCUT2D eigenvalue weighted by Gasteiger charge is 2.10. The minimum atomic E-state index is -4.78. The van der Waals surface area contributed by atoms with E-state index in [-0.39, 0.29) is 11.1 Å². The van der Waals surface area contributed by atoms with Crippen molar-refractivity contribution in [2.45, 2.75) is 9.79 Å². The molecule has 0 radical (unpaired) electrons. The van der Waals surface area contributed by atoms with Gasteiger partial charge in [0.1, 0.15) is 20.2 Å². The molecular weight excluding hydrogens is 294 g/mol. The highest BCUT2D eigenvalue weighted by atomic mass is 32.2. The standard InChI is InChI=1S/C10H9NO6S2/c11-9-4-6-1-2-8(18(12,13)14)3-7(6)5-10(9)19(15,16)17/h1-5H,11H2,(H,12,13,14)(H,15,16,17)/p-2. The van der Waals surface area contributed by atoms with Crippen LogP contribution in [0.5, 0.6) is 0 Å². The predicted molar refractivity (Wildman–Crippen MR) is 64.3 cm³/mol. The molecule has 0 heterocycles. The van der Waals surface area contributed by atoms with E-state index >= 15 is 0 Å². The highest BCUT2D eigenvalue weighted by molar-refractivity contribution is 7.86. The molecule has 0 aliphatic rings. The third kappa shape index (κ3) is 2.68. The predicted octanol–water partition coefficient (Wildman–Crippen LogP) is 0.230. The summed E-state index contributed by atoms with van der Waals surface area (Å²) < 4.78 is 65.5. The number of benzene rings is 2. The van der Waals surface area contributed by atoms with Crippen molar-refractivity contribution < 1.29 is 25.9 Å². The van der Waals surface area contributed by atoms with Crippen molar-refractivity contribution in [3.05, 3.63) is 30.3 Å². The van der Waals surface area contributed by atoms with Crippen molar-refractivity contribution in [1.82, 2.24) is 0 Å². The molecule has 0 saturated carbocycles. The molecule has 2 aromatic rings. The van der Waals surface area contributed by atoms with E-state index in [1.165, 1.54) is 12.1 Å². The summed E-state index contributed by atoms with van der Waals surface area (Å²) in [4.78, 5) is -1.17.